The van der Waals surface area contributed by atoms with Gasteiger partial charge in [-0.3, -0.25) is 9.59 Å². The molecule has 2 aliphatic heterocycles. The minimum atomic E-state index is -0.583. The largest absolute Gasteiger partial charge is 0.393 e. The molecule has 6 heteroatoms. The third-order valence-electron chi connectivity index (χ3n) is 9.52. The summed E-state index contributed by atoms with van der Waals surface area (Å²) in [7, 11) is 0. The number of cyclic esters (lactones) is 2. The molecule has 6 aliphatic rings. The highest BCUT2D eigenvalue weighted by Crippen LogP contribution is 2.65. The van der Waals surface area contributed by atoms with Crippen LogP contribution in [0, 0.1) is 35.0 Å². The number of fused-ring (bicyclic) bond motifs is 7. The van der Waals surface area contributed by atoms with Crippen molar-refractivity contribution < 1.29 is 28.5 Å². The average Bonchev–Trinajstić information content (AvgIpc) is 3.38. The van der Waals surface area contributed by atoms with Gasteiger partial charge in [0.15, 0.2) is 5.79 Å². The van der Waals surface area contributed by atoms with Gasteiger partial charge in [-0.1, -0.05) is 18.1 Å². The first-order valence-electron chi connectivity index (χ1n) is 12.5. The van der Waals surface area contributed by atoms with E-state index in [0.717, 1.165) is 38.5 Å². The van der Waals surface area contributed by atoms with E-state index in [9.17, 15) is 9.59 Å². The Morgan fingerprint density at radius 3 is 2.31 bits per heavy atom. The minimum Gasteiger partial charge on any atom is -0.393 e. The summed E-state index contributed by atoms with van der Waals surface area (Å²) in [5, 5.41) is 0. The summed E-state index contributed by atoms with van der Waals surface area (Å²) >= 11 is 0. The van der Waals surface area contributed by atoms with E-state index in [2.05, 4.69) is 27.7 Å². The molecule has 0 radical (unpaired) electrons. The fourth-order valence-electron chi connectivity index (χ4n) is 8.33. The molecule has 176 valence electrons. The molecule has 32 heavy (non-hydrogen) atoms. The monoisotopic (exact) mass is 444 g/mol. The van der Waals surface area contributed by atoms with E-state index in [1.165, 1.54) is 11.1 Å². The van der Waals surface area contributed by atoms with Gasteiger partial charge in [0.25, 0.3) is 0 Å². The van der Waals surface area contributed by atoms with Crippen LogP contribution >= 0.6 is 0 Å². The van der Waals surface area contributed by atoms with Gasteiger partial charge in [-0.2, -0.15) is 0 Å². The normalized spacial score (nSPS) is 44.9. The molecule has 0 amide bonds. The van der Waals surface area contributed by atoms with Crippen molar-refractivity contribution in [1.29, 1.82) is 0 Å². The van der Waals surface area contributed by atoms with Crippen LogP contribution in [-0.4, -0.2) is 42.6 Å². The molecule has 2 heterocycles. The van der Waals surface area contributed by atoms with Crippen molar-refractivity contribution in [2.24, 2.45) is 35.0 Å². The first kappa shape index (κ1) is 21.3. The summed E-state index contributed by atoms with van der Waals surface area (Å²) in [4.78, 5) is 26.1. The van der Waals surface area contributed by atoms with Crippen LogP contribution in [0.3, 0.4) is 0 Å². The number of ether oxygens (including phenoxy) is 4. The van der Waals surface area contributed by atoms with Gasteiger partial charge >= 0.3 is 11.9 Å². The highest BCUT2D eigenvalue weighted by Gasteiger charge is 2.65. The second kappa shape index (κ2) is 6.89. The third-order valence-corrected chi connectivity index (χ3v) is 9.52. The molecule has 0 aromatic rings. The number of rotatable bonds is 1. The Hall–Kier alpha value is -1.24. The van der Waals surface area contributed by atoms with Gasteiger partial charge in [0, 0.05) is 12.8 Å². The number of esters is 2. The van der Waals surface area contributed by atoms with Crippen LogP contribution in [0.1, 0.15) is 72.6 Å². The maximum absolute atomic E-state index is 13.1. The molecule has 4 aliphatic carbocycles. The van der Waals surface area contributed by atoms with Crippen LogP contribution in [-0.2, 0) is 28.5 Å². The molecule has 0 unspecified atom stereocenters. The first-order valence-corrected chi connectivity index (χ1v) is 12.5. The lowest BCUT2D eigenvalue weighted by molar-refractivity contribution is -0.187. The summed E-state index contributed by atoms with van der Waals surface area (Å²) in [5.41, 5.74) is 2.70. The fourth-order valence-corrected chi connectivity index (χ4v) is 8.33. The van der Waals surface area contributed by atoms with E-state index < -0.39 is 5.79 Å². The molecule has 6 rings (SSSR count). The molecule has 5 fully saturated rings. The molecule has 2 saturated heterocycles. The smallest absolute Gasteiger partial charge is 0.318 e. The Bertz CT molecular complexity index is 877. The van der Waals surface area contributed by atoms with E-state index in [1.54, 1.807) is 0 Å². The lowest BCUT2D eigenvalue weighted by atomic mass is 9.50. The molecule has 1 spiro atoms. The zero-order chi connectivity index (χ0) is 22.5. The topological polar surface area (TPSA) is 71.1 Å². The summed E-state index contributed by atoms with van der Waals surface area (Å²) < 4.78 is 23.9. The maximum atomic E-state index is 13.1. The molecular weight excluding hydrogens is 408 g/mol. The quantitative estimate of drug-likeness (QED) is 0.344. The molecule has 0 bridgehead atoms. The van der Waals surface area contributed by atoms with Gasteiger partial charge in [-0.05, 0) is 76.0 Å². The van der Waals surface area contributed by atoms with E-state index >= 15 is 0 Å². The van der Waals surface area contributed by atoms with Crippen molar-refractivity contribution >= 4 is 11.9 Å². The molecular formula is C26H36O6. The van der Waals surface area contributed by atoms with Crippen molar-refractivity contribution in [3.63, 3.8) is 0 Å². The second-order valence-corrected chi connectivity index (χ2v) is 12.2. The molecule has 0 aromatic heterocycles. The average molecular weight is 445 g/mol. The van der Waals surface area contributed by atoms with E-state index in [4.69, 9.17) is 18.9 Å². The number of carbonyl (C=O) groups is 2. The standard InChI is InChI=1S/C26H36O6/c1-24(2,3)32-18-6-5-17-19-15(7-9-25(17,18)4)14-8-10-26(29-11-12-30-26)13-16(14)20-21(19)23(28)31-22(20)27/h16-21H,5-13H2,1-4H3/t16-,17+,18+,19-,20-,21+,25+/m1/s1. The third kappa shape index (κ3) is 2.94. The molecule has 6 nitrogen and oxygen atoms in total. The van der Waals surface area contributed by atoms with Gasteiger partial charge in [-0.25, -0.2) is 0 Å². The lowest BCUT2D eigenvalue weighted by Gasteiger charge is -2.54. The minimum absolute atomic E-state index is 0.00410. The van der Waals surface area contributed by atoms with Crippen LogP contribution in [0.4, 0.5) is 0 Å². The van der Waals surface area contributed by atoms with Crippen LogP contribution in [0.2, 0.25) is 0 Å². The zero-order valence-electron chi connectivity index (χ0n) is 19.8. The van der Waals surface area contributed by atoms with Crippen LogP contribution in [0.15, 0.2) is 11.1 Å². The second-order valence-electron chi connectivity index (χ2n) is 12.2. The Morgan fingerprint density at radius 1 is 0.906 bits per heavy atom. The highest BCUT2D eigenvalue weighted by atomic mass is 16.7. The van der Waals surface area contributed by atoms with Gasteiger partial charge in [0.1, 0.15) is 0 Å². The van der Waals surface area contributed by atoms with Crippen molar-refractivity contribution in [2.45, 2.75) is 90.1 Å². The predicted molar refractivity (Wildman–Crippen MR) is 115 cm³/mol. The van der Waals surface area contributed by atoms with Gasteiger partial charge in [-0.15, -0.1) is 0 Å². The van der Waals surface area contributed by atoms with Gasteiger partial charge in [0.2, 0.25) is 0 Å². The van der Waals surface area contributed by atoms with Crippen LogP contribution < -0.4 is 0 Å². The maximum Gasteiger partial charge on any atom is 0.318 e. The highest BCUT2D eigenvalue weighted by molar-refractivity contribution is 5.97. The Kier molecular flexibility index (Phi) is 4.59. The van der Waals surface area contributed by atoms with E-state index in [-0.39, 0.29) is 52.7 Å². The molecule has 0 N–H and O–H groups in total. The molecule has 3 saturated carbocycles. The summed E-state index contributed by atoms with van der Waals surface area (Å²) in [6.07, 6.45) is 6.74. The number of hydrogen-bond acceptors (Lipinski definition) is 6. The SMILES string of the molecule is CC(C)(C)O[C@H]1CC[C@H]2[C@H]3C(=C4CCC5(C[C@H]4[C@H]4C(=O)OC(=O)[C@H]43)OCCO5)CC[C@]12C. The first-order chi connectivity index (χ1) is 15.1. The lowest BCUT2D eigenvalue weighted by Crippen LogP contribution is -2.52. The van der Waals surface area contributed by atoms with Gasteiger partial charge in [0.05, 0.1) is 36.8 Å². The Labute approximate surface area is 190 Å². The zero-order valence-corrected chi connectivity index (χ0v) is 19.8. The Balaban J connectivity index is 1.40. The fraction of sp³-hybridized carbons (Fsp3) is 0.846. The van der Waals surface area contributed by atoms with Crippen molar-refractivity contribution in [3.05, 3.63) is 11.1 Å². The number of allylic oxidation sites excluding steroid dienone is 2. The van der Waals surface area contributed by atoms with Crippen LogP contribution in [0.25, 0.3) is 0 Å². The van der Waals surface area contributed by atoms with E-state index in [1.807, 2.05) is 0 Å². The molecule has 7 atom stereocenters. The van der Waals surface area contributed by atoms with Crippen molar-refractivity contribution in [3.8, 4) is 0 Å². The van der Waals surface area contributed by atoms with Crippen LogP contribution in [0.5, 0.6) is 0 Å². The van der Waals surface area contributed by atoms with E-state index in [0.29, 0.717) is 25.6 Å². The number of hydrogen-bond donors (Lipinski definition) is 0. The summed E-state index contributed by atoms with van der Waals surface area (Å²) in [5.74, 6) is -1.50. The molecule has 0 aromatic carbocycles. The van der Waals surface area contributed by atoms with Gasteiger partial charge < -0.3 is 18.9 Å². The Morgan fingerprint density at radius 2 is 1.59 bits per heavy atom. The summed E-state index contributed by atoms with van der Waals surface area (Å²) in [6, 6.07) is 0. The summed E-state index contributed by atoms with van der Waals surface area (Å²) in [6.45, 7) is 9.95. The number of carbonyl (C=O) groups excluding carboxylic acids is 2. The van der Waals surface area contributed by atoms with Crippen molar-refractivity contribution in [2.75, 3.05) is 13.2 Å². The van der Waals surface area contributed by atoms with Crippen molar-refractivity contribution in [1.82, 2.24) is 0 Å². The predicted octanol–water partition coefficient (Wildman–Crippen LogP) is 4.17.